The summed E-state index contributed by atoms with van der Waals surface area (Å²) in [5.41, 5.74) is 0.482. The molecule has 2 N–H and O–H groups in total. The second-order valence-corrected chi connectivity index (χ2v) is 5.31. The number of aliphatic hydroxyl groups excluding tert-OH is 1. The zero-order chi connectivity index (χ0) is 18.6. The molecule has 0 aromatic heterocycles. The molecule has 0 radical (unpaired) electrons. The van der Waals surface area contributed by atoms with E-state index in [9.17, 15) is 27.9 Å². The molecule has 0 saturated heterocycles. The van der Waals surface area contributed by atoms with Gasteiger partial charge < -0.3 is 15.2 Å². The lowest BCUT2D eigenvalue weighted by Crippen LogP contribution is -2.39. The fraction of sp³-hybridized carbons (Fsp3) is 0.400. The molecule has 2 amide bonds. The smallest absolute Gasteiger partial charge is 0.406 e. The van der Waals surface area contributed by atoms with Gasteiger partial charge in [0.25, 0.3) is 5.91 Å². The quantitative estimate of drug-likeness (QED) is 0.830. The predicted octanol–water partition coefficient (Wildman–Crippen LogP) is 1.34. The Hall–Kier alpha value is -2.62. The first-order chi connectivity index (χ1) is 11.7. The highest BCUT2D eigenvalue weighted by Gasteiger charge is 2.31. The summed E-state index contributed by atoms with van der Waals surface area (Å²) in [6, 6.07) is 4.67. The van der Waals surface area contributed by atoms with Gasteiger partial charge in [-0.15, -0.1) is 13.2 Å². The maximum atomic E-state index is 12.1. The number of carbonyl (C=O) groups is 2. The largest absolute Gasteiger partial charge is 0.573 e. The first-order valence-corrected chi connectivity index (χ1v) is 7.32. The van der Waals surface area contributed by atoms with Gasteiger partial charge in [0.05, 0.1) is 6.10 Å². The maximum Gasteiger partial charge on any atom is 0.573 e. The number of halogens is 3. The number of nitrogens with one attached hydrogen (secondary N) is 1. The predicted molar refractivity (Wildman–Crippen MR) is 80.5 cm³/mol. The van der Waals surface area contributed by atoms with Crippen molar-refractivity contribution < 1.29 is 32.6 Å². The summed E-state index contributed by atoms with van der Waals surface area (Å²) in [5, 5.41) is 17.4. The van der Waals surface area contributed by atoms with Gasteiger partial charge in [0.15, 0.2) is 0 Å². The Labute approximate surface area is 141 Å². The lowest BCUT2D eigenvalue weighted by molar-refractivity contribution is -0.274. The molecule has 1 aromatic carbocycles. The van der Waals surface area contributed by atoms with Crippen LogP contribution in [0.25, 0.3) is 0 Å². The van der Waals surface area contributed by atoms with Crippen LogP contribution in [-0.2, 0) is 9.59 Å². The Morgan fingerprint density at radius 1 is 1.36 bits per heavy atom. The van der Waals surface area contributed by atoms with E-state index >= 15 is 0 Å². The monoisotopic (exact) mass is 359 g/mol. The van der Waals surface area contributed by atoms with Crippen molar-refractivity contribution >= 4 is 17.5 Å². The van der Waals surface area contributed by atoms with Crippen LogP contribution in [0.5, 0.6) is 5.75 Å². The Morgan fingerprint density at radius 2 is 2.00 bits per heavy atom. The summed E-state index contributed by atoms with van der Waals surface area (Å²) < 4.78 is 40.0. The Bertz CT molecular complexity index is 674. The molecule has 0 bridgehead atoms. The molecule has 10 heteroatoms. The van der Waals surface area contributed by atoms with Crippen LogP contribution >= 0.6 is 0 Å². The summed E-state index contributed by atoms with van der Waals surface area (Å²) in [6.45, 7) is -0.158. The number of rotatable bonds is 5. The fourth-order valence-corrected chi connectivity index (χ4v) is 2.13. The molecule has 1 aliphatic rings. The third-order valence-electron chi connectivity index (χ3n) is 3.42. The second kappa shape index (κ2) is 7.51. The van der Waals surface area contributed by atoms with Crippen LogP contribution in [0.1, 0.15) is 24.5 Å². The van der Waals surface area contributed by atoms with Crippen molar-refractivity contribution in [1.82, 2.24) is 10.3 Å². The molecule has 0 saturated carbocycles. The van der Waals surface area contributed by atoms with E-state index in [-0.39, 0.29) is 31.0 Å². The minimum absolute atomic E-state index is 0.158. The lowest BCUT2D eigenvalue weighted by atomic mass is 10.1. The van der Waals surface area contributed by atoms with Crippen LogP contribution in [0.3, 0.4) is 0 Å². The number of benzene rings is 1. The van der Waals surface area contributed by atoms with E-state index in [1.54, 1.807) is 0 Å². The van der Waals surface area contributed by atoms with E-state index in [0.29, 0.717) is 5.56 Å². The average molecular weight is 359 g/mol. The van der Waals surface area contributed by atoms with Gasteiger partial charge in [0.1, 0.15) is 11.5 Å². The van der Waals surface area contributed by atoms with E-state index in [2.05, 4.69) is 15.2 Å². The average Bonchev–Trinajstić information content (AvgIpc) is 2.54. The number of hydrogen-bond donors (Lipinski definition) is 2. The number of hydrazone groups is 1. The number of nitrogens with zero attached hydrogens (tertiary/aromatic N) is 2. The Balaban J connectivity index is 1.89. The summed E-state index contributed by atoms with van der Waals surface area (Å²) in [4.78, 5) is 23.3. The van der Waals surface area contributed by atoms with Crippen molar-refractivity contribution in [3.63, 3.8) is 0 Å². The van der Waals surface area contributed by atoms with E-state index in [0.717, 1.165) is 17.1 Å². The molecule has 25 heavy (non-hydrogen) atoms. The van der Waals surface area contributed by atoms with Crippen LogP contribution < -0.4 is 10.1 Å². The minimum atomic E-state index is -4.79. The summed E-state index contributed by atoms with van der Waals surface area (Å²) in [6.07, 6.45) is -5.53. The standard InChI is InChI=1S/C15H16F3N3O4/c1-21-13(23)7-6-11(20-21)14(24)19-8-12(22)9-2-4-10(5-3-9)25-15(16,17)18/h2-5,12,22H,6-8H2,1H3,(H,19,24). The molecule has 2 rings (SSSR count). The normalized spacial score (nSPS) is 16.3. The molecule has 0 aliphatic carbocycles. The van der Waals surface area contributed by atoms with Gasteiger partial charge in [-0.1, -0.05) is 12.1 Å². The number of carbonyl (C=O) groups excluding carboxylic acids is 2. The highest BCUT2D eigenvalue weighted by molar-refractivity contribution is 6.39. The van der Waals surface area contributed by atoms with Gasteiger partial charge in [-0.05, 0) is 17.7 Å². The van der Waals surface area contributed by atoms with Gasteiger partial charge in [-0.3, -0.25) is 9.59 Å². The number of alkyl halides is 3. The van der Waals surface area contributed by atoms with Gasteiger partial charge in [-0.25, -0.2) is 5.01 Å². The van der Waals surface area contributed by atoms with Crippen LogP contribution in [0.15, 0.2) is 29.4 Å². The fourth-order valence-electron chi connectivity index (χ4n) is 2.13. The van der Waals surface area contributed by atoms with Gasteiger partial charge in [0.2, 0.25) is 5.91 Å². The summed E-state index contributed by atoms with van der Waals surface area (Å²) in [7, 11) is 1.44. The molecule has 136 valence electrons. The zero-order valence-corrected chi connectivity index (χ0v) is 13.2. The molecule has 1 heterocycles. The van der Waals surface area contributed by atoms with E-state index in [1.807, 2.05) is 0 Å². The Morgan fingerprint density at radius 3 is 2.56 bits per heavy atom. The molecule has 0 spiro atoms. The topological polar surface area (TPSA) is 91.2 Å². The van der Waals surface area contributed by atoms with Crippen molar-refractivity contribution in [2.24, 2.45) is 5.10 Å². The van der Waals surface area contributed by atoms with Crippen LogP contribution in [-0.4, -0.2) is 47.6 Å². The van der Waals surface area contributed by atoms with Crippen molar-refractivity contribution in [2.75, 3.05) is 13.6 Å². The zero-order valence-electron chi connectivity index (χ0n) is 13.2. The molecule has 1 atom stereocenters. The van der Waals surface area contributed by atoms with Crippen LogP contribution in [0.2, 0.25) is 0 Å². The lowest BCUT2D eigenvalue weighted by Gasteiger charge is -2.19. The number of ether oxygens (including phenoxy) is 1. The van der Waals surface area contributed by atoms with Crippen molar-refractivity contribution in [1.29, 1.82) is 0 Å². The molecule has 0 fully saturated rings. The first kappa shape index (κ1) is 18.7. The number of amides is 2. The molecular weight excluding hydrogens is 343 g/mol. The molecule has 7 nitrogen and oxygen atoms in total. The van der Waals surface area contributed by atoms with E-state index in [4.69, 9.17) is 0 Å². The van der Waals surface area contributed by atoms with Crippen LogP contribution in [0.4, 0.5) is 13.2 Å². The van der Waals surface area contributed by atoms with Crippen molar-refractivity contribution in [2.45, 2.75) is 25.3 Å². The van der Waals surface area contributed by atoms with Gasteiger partial charge >= 0.3 is 6.36 Å². The number of aliphatic hydroxyl groups is 1. The number of hydrogen-bond acceptors (Lipinski definition) is 5. The maximum absolute atomic E-state index is 12.1. The Kier molecular flexibility index (Phi) is 5.62. The highest BCUT2D eigenvalue weighted by Crippen LogP contribution is 2.24. The molecule has 1 aliphatic heterocycles. The molecule has 1 aromatic rings. The summed E-state index contributed by atoms with van der Waals surface area (Å²) >= 11 is 0. The van der Waals surface area contributed by atoms with E-state index in [1.165, 1.54) is 19.2 Å². The van der Waals surface area contributed by atoms with Gasteiger partial charge in [-0.2, -0.15) is 5.10 Å². The summed E-state index contributed by atoms with van der Waals surface area (Å²) in [5.74, 6) is -1.12. The minimum Gasteiger partial charge on any atom is -0.406 e. The van der Waals surface area contributed by atoms with Crippen LogP contribution in [0, 0.1) is 0 Å². The molecule has 1 unspecified atom stereocenters. The van der Waals surface area contributed by atoms with Crippen molar-refractivity contribution in [3.05, 3.63) is 29.8 Å². The highest BCUT2D eigenvalue weighted by atomic mass is 19.4. The SMILES string of the molecule is CN1N=C(C(=O)NCC(O)c2ccc(OC(F)(F)F)cc2)CCC1=O. The third-order valence-corrected chi connectivity index (χ3v) is 3.42. The van der Waals surface area contributed by atoms with Crippen molar-refractivity contribution in [3.8, 4) is 5.75 Å². The molecular formula is C15H16F3N3O4. The second-order valence-electron chi connectivity index (χ2n) is 5.31. The van der Waals surface area contributed by atoms with Gasteiger partial charge in [0, 0.05) is 26.4 Å². The van der Waals surface area contributed by atoms with E-state index < -0.39 is 24.1 Å². The third kappa shape index (κ3) is 5.45. The first-order valence-electron chi connectivity index (χ1n) is 7.32.